The van der Waals surface area contributed by atoms with Gasteiger partial charge in [0.1, 0.15) is 12.2 Å². The van der Waals surface area contributed by atoms with Crippen LogP contribution in [0.5, 0.6) is 0 Å². The van der Waals surface area contributed by atoms with E-state index in [0.717, 1.165) is 17.7 Å². The van der Waals surface area contributed by atoms with Crippen LogP contribution in [-0.2, 0) is 7.05 Å². The number of rotatable bonds is 4. The van der Waals surface area contributed by atoms with Crippen molar-refractivity contribution in [2.45, 2.75) is 65.0 Å². The monoisotopic (exact) mass is 264 g/mol. The molecule has 1 N–H and O–H groups in total. The largest absolute Gasteiger partial charge is 0.319 e. The molecule has 4 nitrogen and oxygen atoms in total. The van der Waals surface area contributed by atoms with Gasteiger partial charge >= 0.3 is 0 Å². The van der Waals surface area contributed by atoms with Crippen LogP contribution in [0.1, 0.15) is 64.7 Å². The first kappa shape index (κ1) is 14.5. The highest BCUT2D eigenvalue weighted by Gasteiger charge is 2.23. The standard InChI is InChI=1S/C15H28N4/c1-11(2)13-6-5-7-14(9-8-13)17-12(3)15-18-16-10-19(15)4/h10-14,17H,5-9H2,1-4H3. The molecule has 1 aliphatic carbocycles. The Bertz CT molecular complexity index is 385. The van der Waals surface area contributed by atoms with Crippen LogP contribution in [0.3, 0.4) is 0 Å². The zero-order valence-corrected chi connectivity index (χ0v) is 12.8. The Kier molecular flexibility index (Phi) is 4.97. The van der Waals surface area contributed by atoms with Crippen LogP contribution in [0.2, 0.25) is 0 Å². The second kappa shape index (κ2) is 6.51. The summed E-state index contributed by atoms with van der Waals surface area (Å²) >= 11 is 0. The third-order valence-electron chi connectivity index (χ3n) is 4.58. The number of aryl methyl sites for hydroxylation is 1. The molecule has 0 aromatic carbocycles. The maximum Gasteiger partial charge on any atom is 0.149 e. The van der Waals surface area contributed by atoms with Gasteiger partial charge in [0.15, 0.2) is 0 Å². The normalized spacial score (nSPS) is 26.4. The fourth-order valence-corrected chi connectivity index (χ4v) is 3.28. The predicted molar refractivity (Wildman–Crippen MR) is 77.8 cm³/mol. The Labute approximate surface area is 117 Å². The molecule has 2 rings (SSSR count). The van der Waals surface area contributed by atoms with Gasteiger partial charge in [0.2, 0.25) is 0 Å². The number of nitrogens with zero attached hydrogens (tertiary/aromatic N) is 3. The summed E-state index contributed by atoms with van der Waals surface area (Å²) in [6.07, 6.45) is 8.48. The van der Waals surface area contributed by atoms with Crippen LogP contribution in [0.15, 0.2) is 6.33 Å². The molecule has 4 heteroatoms. The van der Waals surface area contributed by atoms with E-state index in [9.17, 15) is 0 Å². The first-order valence-corrected chi connectivity index (χ1v) is 7.68. The van der Waals surface area contributed by atoms with Crippen molar-refractivity contribution in [1.82, 2.24) is 20.1 Å². The molecule has 19 heavy (non-hydrogen) atoms. The Hall–Kier alpha value is -0.900. The molecule has 0 radical (unpaired) electrons. The molecule has 0 amide bonds. The van der Waals surface area contributed by atoms with Crippen molar-refractivity contribution in [3.05, 3.63) is 12.2 Å². The van der Waals surface area contributed by atoms with Gasteiger partial charge in [0.05, 0.1) is 6.04 Å². The van der Waals surface area contributed by atoms with E-state index in [1.807, 2.05) is 11.6 Å². The van der Waals surface area contributed by atoms with Crippen molar-refractivity contribution >= 4 is 0 Å². The van der Waals surface area contributed by atoms with E-state index in [2.05, 4.69) is 36.3 Å². The fraction of sp³-hybridized carbons (Fsp3) is 0.867. The molecule has 108 valence electrons. The number of nitrogens with one attached hydrogen (secondary N) is 1. The third-order valence-corrected chi connectivity index (χ3v) is 4.58. The van der Waals surface area contributed by atoms with Crippen LogP contribution in [0.25, 0.3) is 0 Å². The van der Waals surface area contributed by atoms with E-state index >= 15 is 0 Å². The average molecular weight is 264 g/mol. The van der Waals surface area contributed by atoms with Crippen LogP contribution < -0.4 is 5.32 Å². The highest BCUT2D eigenvalue weighted by atomic mass is 15.3. The summed E-state index contributed by atoms with van der Waals surface area (Å²) in [4.78, 5) is 0. The molecular weight excluding hydrogens is 236 g/mol. The van der Waals surface area contributed by atoms with E-state index in [-0.39, 0.29) is 6.04 Å². The molecule has 3 unspecified atom stereocenters. The first-order valence-electron chi connectivity index (χ1n) is 7.68. The summed E-state index contributed by atoms with van der Waals surface area (Å²) in [5, 5.41) is 11.9. The highest BCUT2D eigenvalue weighted by Crippen LogP contribution is 2.29. The number of hydrogen-bond donors (Lipinski definition) is 1. The van der Waals surface area contributed by atoms with Gasteiger partial charge in [-0.1, -0.05) is 26.7 Å². The van der Waals surface area contributed by atoms with Gasteiger partial charge in [0.25, 0.3) is 0 Å². The molecule has 0 bridgehead atoms. The van der Waals surface area contributed by atoms with Gasteiger partial charge in [-0.15, -0.1) is 10.2 Å². The zero-order valence-electron chi connectivity index (χ0n) is 12.8. The molecule has 1 saturated carbocycles. The molecular formula is C15H28N4. The minimum atomic E-state index is 0.285. The lowest BCUT2D eigenvalue weighted by molar-refractivity contribution is 0.334. The smallest absolute Gasteiger partial charge is 0.149 e. The lowest BCUT2D eigenvalue weighted by Gasteiger charge is -2.22. The van der Waals surface area contributed by atoms with Gasteiger partial charge in [-0.3, -0.25) is 0 Å². The Morgan fingerprint density at radius 1 is 1.21 bits per heavy atom. The molecule has 1 heterocycles. The fourth-order valence-electron chi connectivity index (χ4n) is 3.28. The van der Waals surface area contributed by atoms with Crippen molar-refractivity contribution in [2.24, 2.45) is 18.9 Å². The Morgan fingerprint density at radius 3 is 2.63 bits per heavy atom. The SMILES string of the molecule is CC(NC1CCCC(C(C)C)CC1)c1nncn1C. The predicted octanol–water partition coefficient (Wildman–Crippen LogP) is 3.07. The number of hydrogen-bond acceptors (Lipinski definition) is 3. The topological polar surface area (TPSA) is 42.7 Å². The molecule has 1 aromatic heterocycles. The molecule has 3 atom stereocenters. The van der Waals surface area contributed by atoms with Crippen molar-refractivity contribution in [2.75, 3.05) is 0 Å². The van der Waals surface area contributed by atoms with Crippen LogP contribution >= 0.6 is 0 Å². The Balaban J connectivity index is 1.88. The van der Waals surface area contributed by atoms with Crippen molar-refractivity contribution < 1.29 is 0 Å². The summed E-state index contributed by atoms with van der Waals surface area (Å²) in [7, 11) is 2.01. The third kappa shape index (κ3) is 3.78. The second-order valence-corrected chi connectivity index (χ2v) is 6.40. The molecule has 0 aliphatic heterocycles. The van der Waals surface area contributed by atoms with Gasteiger partial charge in [0, 0.05) is 13.1 Å². The Morgan fingerprint density at radius 2 is 2.00 bits per heavy atom. The van der Waals surface area contributed by atoms with E-state index in [0.29, 0.717) is 6.04 Å². The minimum absolute atomic E-state index is 0.285. The maximum atomic E-state index is 4.20. The lowest BCUT2D eigenvalue weighted by atomic mass is 9.89. The summed E-state index contributed by atoms with van der Waals surface area (Å²) in [6, 6.07) is 0.920. The first-order chi connectivity index (χ1) is 9.08. The maximum absolute atomic E-state index is 4.20. The van der Waals surface area contributed by atoms with Crippen LogP contribution in [0, 0.1) is 11.8 Å². The van der Waals surface area contributed by atoms with E-state index in [4.69, 9.17) is 0 Å². The van der Waals surface area contributed by atoms with Crippen LogP contribution in [0.4, 0.5) is 0 Å². The summed E-state index contributed by atoms with van der Waals surface area (Å²) < 4.78 is 2.01. The van der Waals surface area contributed by atoms with Gasteiger partial charge in [-0.2, -0.15) is 0 Å². The minimum Gasteiger partial charge on any atom is -0.319 e. The average Bonchev–Trinajstić information content (AvgIpc) is 2.65. The van der Waals surface area contributed by atoms with E-state index in [1.165, 1.54) is 32.1 Å². The quantitative estimate of drug-likeness (QED) is 0.850. The zero-order chi connectivity index (χ0) is 13.8. The number of aromatic nitrogens is 3. The molecule has 0 saturated heterocycles. The van der Waals surface area contributed by atoms with E-state index < -0.39 is 0 Å². The van der Waals surface area contributed by atoms with Crippen molar-refractivity contribution in [3.63, 3.8) is 0 Å². The molecule has 1 aromatic rings. The molecule has 0 spiro atoms. The van der Waals surface area contributed by atoms with Gasteiger partial charge in [-0.05, 0) is 38.0 Å². The second-order valence-electron chi connectivity index (χ2n) is 6.40. The highest BCUT2D eigenvalue weighted by molar-refractivity contribution is 4.93. The van der Waals surface area contributed by atoms with Gasteiger partial charge < -0.3 is 9.88 Å². The molecule has 1 aliphatic rings. The summed E-state index contributed by atoms with van der Waals surface area (Å²) in [5.41, 5.74) is 0. The summed E-state index contributed by atoms with van der Waals surface area (Å²) in [6.45, 7) is 6.91. The summed E-state index contributed by atoms with van der Waals surface area (Å²) in [5.74, 6) is 2.77. The van der Waals surface area contributed by atoms with Crippen LogP contribution in [-0.4, -0.2) is 20.8 Å². The van der Waals surface area contributed by atoms with E-state index in [1.54, 1.807) is 6.33 Å². The van der Waals surface area contributed by atoms with Crippen molar-refractivity contribution in [1.29, 1.82) is 0 Å². The lowest BCUT2D eigenvalue weighted by Crippen LogP contribution is -2.32. The van der Waals surface area contributed by atoms with Gasteiger partial charge in [-0.25, -0.2) is 0 Å². The molecule has 1 fully saturated rings. The van der Waals surface area contributed by atoms with Crippen molar-refractivity contribution in [3.8, 4) is 0 Å².